The van der Waals surface area contributed by atoms with Crippen molar-refractivity contribution in [3.8, 4) is 0 Å². The molecule has 1 aromatic heterocycles. The second kappa shape index (κ2) is 6.38. The van der Waals surface area contributed by atoms with Gasteiger partial charge in [0.25, 0.3) is 5.56 Å². The van der Waals surface area contributed by atoms with Crippen LogP contribution in [0.3, 0.4) is 0 Å². The van der Waals surface area contributed by atoms with Crippen LogP contribution in [0.5, 0.6) is 0 Å². The average molecular weight is 334 g/mol. The molecule has 1 fully saturated rings. The number of nitrogens with zero attached hydrogens (tertiary/aromatic N) is 2. The molecule has 2 aromatic rings. The summed E-state index contributed by atoms with van der Waals surface area (Å²) in [4.78, 5) is 31.8. The molecule has 126 valence electrons. The average Bonchev–Trinajstić information content (AvgIpc) is 3.01. The summed E-state index contributed by atoms with van der Waals surface area (Å²) in [5.74, 6) is -2.33. The van der Waals surface area contributed by atoms with Crippen molar-refractivity contribution in [1.82, 2.24) is 14.9 Å². The Labute approximate surface area is 136 Å². The van der Waals surface area contributed by atoms with E-state index in [-0.39, 0.29) is 35.3 Å². The van der Waals surface area contributed by atoms with Crippen molar-refractivity contribution in [1.29, 1.82) is 0 Å². The molecule has 0 aliphatic carbocycles. The molecule has 3 rings (SSSR count). The Kier molecular flexibility index (Phi) is 4.28. The summed E-state index contributed by atoms with van der Waals surface area (Å²) in [6.45, 7) is 0.834. The van der Waals surface area contributed by atoms with Gasteiger partial charge in [-0.2, -0.15) is 0 Å². The van der Waals surface area contributed by atoms with Crippen LogP contribution in [0, 0.1) is 11.6 Å². The van der Waals surface area contributed by atoms with Gasteiger partial charge in [0, 0.05) is 30.6 Å². The quantitative estimate of drug-likeness (QED) is 0.882. The second-order valence-corrected chi connectivity index (χ2v) is 5.77. The molecule has 1 aromatic carbocycles. The number of carbonyl (C=O) groups excluding carboxylic acids is 1. The number of anilines is 1. The number of nitrogens with two attached hydrogens (primary N) is 1. The molecule has 2 heterocycles. The Balaban J connectivity index is 1.70. The second-order valence-electron chi connectivity index (χ2n) is 5.77. The first-order valence-electron chi connectivity index (χ1n) is 7.51. The van der Waals surface area contributed by atoms with E-state index in [2.05, 4.69) is 9.97 Å². The first-order valence-corrected chi connectivity index (χ1v) is 7.51. The molecule has 0 bridgehead atoms. The van der Waals surface area contributed by atoms with Gasteiger partial charge in [-0.3, -0.25) is 14.6 Å². The van der Waals surface area contributed by atoms with Crippen LogP contribution in [0.15, 0.2) is 29.1 Å². The van der Waals surface area contributed by atoms with Crippen LogP contribution in [-0.4, -0.2) is 33.9 Å². The number of aromatic amines is 1. The lowest BCUT2D eigenvalue weighted by molar-refractivity contribution is -0.129. The van der Waals surface area contributed by atoms with Crippen molar-refractivity contribution in [3.05, 3.63) is 57.5 Å². The first kappa shape index (κ1) is 16.1. The van der Waals surface area contributed by atoms with Crippen LogP contribution in [0.4, 0.5) is 14.7 Å². The molecule has 24 heavy (non-hydrogen) atoms. The lowest BCUT2D eigenvalue weighted by atomic mass is 10.0. The van der Waals surface area contributed by atoms with Gasteiger partial charge in [-0.1, -0.05) is 12.1 Å². The molecule has 1 aliphatic heterocycles. The molecule has 0 spiro atoms. The van der Waals surface area contributed by atoms with E-state index in [1.807, 2.05) is 0 Å². The molecule has 8 heteroatoms. The number of amides is 1. The third-order valence-corrected chi connectivity index (χ3v) is 4.11. The number of aromatic nitrogens is 2. The van der Waals surface area contributed by atoms with Crippen LogP contribution >= 0.6 is 0 Å². The van der Waals surface area contributed by atoms with Crippen molar-refractivity contribution in [2.75, 3.05) is 18.8 Å². The highest BCUT2D eigenvalue weighted by Crippen LogP contribution is 2.26. The van der Waals surface area contributed by atoms with Crippen LogP contribution in [0.2, 0.25) is 0 Å². The van der Waals surface area contributed by atoms with Crippen LogP contribution < -0.4 is 11.3 Å². The third-order valence-electron chi connectivity index (χ3n) is 4.11. The molecule has 0 radical (unpaired) electrons. The molecule has 1 atom stereocenters. The number of nitrogens with one attached hydrogen (secondary N) is 1. The summed E-state index contributed by atoms with van der Waals surface area (Å²) in [6.07, 6.45) is 0.425. The lowest BCUT2D eigenvalue weighted by Gasteiger charge is -2.17. The zero-order valence-corrected chi connectivity index (χ0v) is 12.8. The summed E-state index contributed by atoms with van der Waals surface area (Å²) in [5, 5.41) is 0. The molecular weight excluding hydrogens is 318 g/mol. The number of likely N-dealkylation sites (tertiary alicyclic amines) is 1. The van der Waals surface area contributed by atoms with E-state index in [1.165, 1.54) is 18.2 Å². The smallest absolute Gasteiger partial charge is 0.252 e. The lowest BCUT2D eigenvalue weighted by Crippen LogP contribution is -2.30. The van der Waals surface area contributed by atoms with Crippen LogP contribution in [0.1, 0.15) is 23.6 Å². The molecule has 1 unspecified atom stereocenters. The maximum absolute atomic E-state index is 13.7. The van der Waals surface area contributed by atoms with Gasteiger partial charge >= 0.3 is 0 Å². The SMILES string of the molecule is Nc1nc(C2CCN(C(=O)Cc3cccc(F)c3F)C2)cc(=O)[nH]1. The molecule has 0 saturated carbocycles. The zero-order valence-electron chi connectivity index (χ0n) is 12.8. The number of rotatable bonds is 3. The fourth-order valence-corrected chi connectivity index (χ4v) is 2.89. The summed E-state index contributed by atoms with van der Waals surface area (Å²) in [7, 11) is 0. The van der Waals surface area contributed by atoms with Crippen molar-refractivity contribution >= 4 is 11.9 Å². The topological polar surface area (TPSA) is 92.1 Å². The molecular formula is C16H16F2N4O2. The Morgan fingerprint density at radius 3 is 2.96 bits per heavy atom. The van der Waals surface area contributed by atoms with Gasteiger partial charge in [-0.25, -0.2) is 13.8 Å². The first-order chi connectivity index (χ1) is 11.4. The molecule has 1 saturated heterocycles. The Morgan fingerprint density at radius 1 is 1.42 bits per heavy atom. The van der Waals surface area contributed by atoms with E-state index in [9.17, 15) is 18.4 Å². The molecule has 6 nitrogen and oxygen atoms in total. The minimum absolute atomic E-state index is 0.0296. The summed E-state index contributed by atoms with van der Waals surface area (Å²) < 4.78 is 26.9. The summed E-state index contributed by atoms with van der Waals surface area (Å²) in [5.41, 5.74) is 5.75. The number of nitrogen functional groups attached to an aromatic ring is 1. The number of H-pyrrole nitrogens is 1. The van der Waals surface area contributed by atoms with Gasteiger partial charge in [0.1, 0.15) is 0 Å². The van der Waals surface area contributed by atoms with Gasteiger partial charge in [-0.05, 0) is 12.5 Å². The highest BCUT2D eigenvalue weighted by atomic mass is 19.2. The van der Waals surface area contributed by atoms with E-state index < -0.39 is 11.6 Å². The highest BCUT2D eigenvalue weighted by Gasteiger charge is 2.29. The van der Waals surface area contributed by atoms with E-state index in [0.29, 0.717) is 25.2 Å². The minimum Gasteiger partial charge on any atom is -0.369 e. The summed E-state index contributed by atoms with van der Waals surface area (Å²) in [6, 6.07) is 5.14. The van der Waals surface area contributed by atoms with Crippen molar-refractivity contribution in [2.24, 2.45) is 0 Å². The highest BCUT2D eigenvalue weighted by molar-refractivity contribution is 5.79. The maximum atomic E-state index is 13.7. The monoisotopic (exact) mass is 334 g/mol. The number of hydrogen-bond acceptors (Lipinski definition) is 4. The Morgan fingerprint density at radius 2 is 2.21 bits per heavy atom. The Hall–Kier alpha value is -2.77. The largest absolute Gasteiger partial charge is 0.369 e. The Bertz CT molecular complexity index is 837. The number of hydrogen-bond donors (Lipinski definition) is 2. The van der Waals surface area contributed by atoms with E-state index in [4.69, 9.17) is 5.73 Å². The van der Waals surface area contributed by atoms with E-state index >= 15 is 0 Å². The van der Waals surface area contributed by atoms with Gasteiger partial charge in [0.2, 0.25) is 11.9 Å². The predicted molar refractivity (Wildman–Crippen MR) is 83.3 cm³/mol. The predicted octanol–water partition coefficient (Wildman–Crippen LogP) is 1.19. The molecule has 3 N–H and O–H groups in total. The van der Waals surface area contributed by atoms with Crippen molar-refractivity contribution < 1.29 is 13.6 Å². The van der Waals surface area contributed by atoms with Crippen LogP contribution in [0.25, 0.3) is 0 Å². The normalized spacial score (nSPS) is 17.2. The maximum Gasteiger partial charge on any atom is 0.252 e. The minimum atomic E-state index is -0.995. The van der Waals surface area contributed by atoms with Crippen molar-refractivity contribution in [2.45, 2.75) is 18.8 Å². The summed E-state index contributed by atoms with van der Waals surface area (Å²) >= 11 is 0. The van der Waals surface area contributed by atoms with E-state index in [1.54, 1.807) is 4.90 Å². The molecule has 1 amide bonds. The number of halogens is 2. The zero-order chi connectivity index (χ0) is 17.3. The number of benzene rings is 1. The standard InChI is InChI=1S/C16H16F2N4O2/c17-11-3-1-2-9(15(11)18)6-14(24)22-5-4-10(8-22)12-7-13(23)21-16(19)20-12/h1-3,7,10H,4-6,8H2,(H3,19,20,21,23). The third kappa shape index (κ3) is 3.27. The van der Waals surface area contributed by atoms with Gasteiger partial charge < -0.3 is 10.6 Å². The van der Waals surface area contributed by atoms with Crippen molar-refractivity contribution in [3.63, 3.8) is 0 Å². The van der Waals surface area contributed by atoms with Gasteiger partial charge in [0.05, 0.1) is 12.1 Å². The van der Waals surface area contributed by atoms with Gasteiger partial charge in [-0.15, -0.1) is 0 Å². The van der Waals surface area contributed by atoms with Gasteiger partial charge in [0.15, 0.2) is 11.6 Å². The van der Waals surface area contributed by atoms with Crippen LogP contribution in [-0.2, 0) is 11.2 Å². The fourth-order valence-electron chi connectivity index (χ4n) is 2.89. The van der Waals surface area contributed by atoms with E-state index in [0.717, 1.165) is 6.07 Å². The number of carbonyl (C=O) groups is 1. The fraction of sp³-hybridized carbons (Fsp3) is 0.312. The molecule has 1 aliphatic rings.